The highest BCUT2D eigenvalue weighted by atomic mass is 16.5. The third-order valence-electron chi connectivity index (χ3n) is 4.19. The molecule has 118 valence electrons. The predicted octanol–water partition coefficient (Wildman–Crippen LogP) is 2.97. The zero-order chi connectivity index (χ0) is 15.1. The Kier molecular flexibility index (Phi) is 5.88. The van der Waals surface area contributed by atoms with Gasteiger partial charge in [0.1, 0.15) is 0 Å². The van der Waals surface area contributed by atoms with Crippen LogP contribution in [0.3, 0.4) is 0 Å². The van der Waals surface area contributed by atoms with E-state index in [9.17, 15) is 10.2 Å². The topological polar surface area (TPSA) is 61.7 Å². The third kappa shape index (κ3) is 4.61. The van der Waals surface area contributed by atoms with E-state index in [1.165, 1.54) is 12.8 Å². The first-order chi connectivity index (χ1) is 10.1. The van der Waals surface area contributed by atoms with Crippen molar-refractivity contribution in [3.8, 4) is 11.5 Å². The second-order valence-electron chi connectivity index (χ2n) is 5.94. The number of aliphatic hydroxyl groups is 1. The van der Waals surface area contributed by atoms with Crippen LogP contribution in [0.2, 0.25) is 0 Å². The van der Waals surface area contributed by atoms with Gasteiger partial charge in [-0.2, -0.15) is 0 Å². The fraction of sp³-hybridized carbons (Fsp3) is 0.647. The monoisotopic (exact) mass is 293 g/mol. The molecule has 0 unspecified atom stereocenters. The fourth-order valence-electron chi connectivity index (χ4n) is 2.98. The smallest absolute Gasteiger partial charge is 0.162 e. The van der Waals surface area contributed by atoms with Crippen molar-refractivity contribution in [1.29, 1.82) is 0 Å². The van der Waals surface area contributed by atoms with Crippen molar-refractivity contribution >= 4 is 0 Å². The number of hydrogen-bond acceptors (Lipinski definition) is 4. The average molecular weight is 293 g/mol. The standard InChI is InChI=1S/C17H27NO3/c1-2-21-15-9-7-8-14(16(15)19)12-18-13-17(20)10-5-3-4-6-11-17/h7-9,18-20H,2-6,10-13H2,1H3. The summed E-state index contributed by atoms with van der Waals surface area (Å²) in [4.78, 5) is 0. The summed E-state index contributed by atoms with van der Waals surface area (Å²) in [5, 5.41) is 24.0. The SMILES string of the molecule is CCOc1cccc(CNCC2(O)CCCCCC2)c1O. The Hall–Kier alpha value is -1.26. The molecule has 0 bridgehead atoms. The number of rotatable bonds is 6. The maximum atomic E-state index is 10.6. The maximum absolute atomic E-state index is 10.6. The quantitative estimate of drug-likeness (QED) is 0.706. The van der Waals surface area contributed by atoms with E-state index in [4.69, 9.17) is 4.74 Å². The van der Waals surface area contributed by atoms with Gasteiger partial charge in [0.05, 0.1) is 12.2 Å². The van der Waals surface area contributed by atoms with Crippen molar-refractivity contribution in [3.63, 3.8) is 0 Å². The molecule has 0 atom stereocenters. The minimum atomic E-state index is -0.594. The Bertz CT molecular complexity index is 440. The molecule has 4 nitrogen and oxygen atoms in total. The van der Waals surface area contributed by atoms with Crippen LogP contribution in [-0.2, 0) is 6.54 Å². The van der Waals surface area contributed by atoms with Crippen LogP contribution in [0.5, 0.6) is 11.5 Å². The molecule has 4 heteroatoms. The number of ether oxygens (including phenoxy) is 1. The van der Waals surface area contributed by atoms with Gasteiger partial charge in [-0.3, -0.25) is 0 Å². The van der Waals surface area contributed by atoms with Crippen molar-refractivity contribution < 1.29 is 14.9 Å². The lowest BCUT2D eigenvalue weighted by atomic mass is 9.94. The molecule has 21 heavy (non-hydrogen) atoms. The number of phenolic OH excluding ortho intramolecular Hbond substituents is 1. The molecular weight excluding hydrogens is 266 g/mol. The molecule has 1 aromatic rings. The lowest BCUT2D eigenvalue weighted by molar-refractivity contribution is 0.0250. The first-order valence-electron chi connectivity index (χ1n) is 8.01. The van der Waals surface area contributed by atoms with E-state index in [0.717, 1.165) is 31.2 Å². The molecule has 0 aromatic heterocycles. The first-order valence-corrected chi connectivity index (χ1v) is 8.01. The van der Waals surface area contributed by atoms with Crippen molar-refractivity contribution in [2.75, 3.05) is 13.2 Å². The summed E-state index contributed by atoms with van der Waals surface area (Å²) in [6.07, 6.45) is 6.38. The van der Waals surface area contributed by atoms with Crippen molar-refractivity contribution in [3.05, 3.63) is 23.8 Å². The number of hydrogen-bond donors (Lipinski definition) is 3. The highest BCUT2D eigenvalue weighted by molar-refractivity contribution is 5.45. The lowest BCUT2D eigenvalue weighted by Crippen LogP contribution is -2.39. The number of benzene rings is 1. The lowest BCUT2D eigenvalue weighted by Gasteiger charge is -2.27. The van der Waals surface area contributed by atoms with Crippen molar-refractivity contribution in [2.24, 2.45) is 0 Å². The first kappa shape index (κ1) is 16.1. The maximum Gasteiger partial charge on any atom is 0.162 e. The molecule has 0 radical (unpaired) electrons. The Morgan fingerprint density at radius 1 is 1.19 bits per heavy atom. The molecule has 1 aromatic carbocycles. The minimum absolute atomic E-state index is 0.194. The molecule has 1 aliphatic rings. The van der Waals surface area contributed by atoms with E-state index in [2.05, 4.69) is 5.32 Å². The van der Waals surface area contributed by atoms with Gasteiger partial charge in [-0.1, -0.05) is 37.8 Å². The van der Waals surface area contributed by atoms with Crippen molar-refractivity contribution in [2.45, 2.75) is 57.6 Å². The van der Waals surface area contributed by atoms with E-state index >= 15 is 0 Å². The predicted molar refractivity (Wildman–Crippen MR) is 83.6 cm³/mol. The van der Waals surface area contributed by atoms with Gasteiger partial charge < -0.3 is 20.3 Å². The second kappa shape index (κ2) is 7.66. The zero-order valence-electron chi connectivity index (χ0n) is 12.9. The van der Waals surface area contributed by atoms with Crippen LogP contribution in [0.4, 0.5) is 0 Å². The largest absolute Gasteiger partial charge is 0.504 e. The molecule has 1 saturated carbocycles. The molecule has 0 heterocycles. The van der Waals surface area contributed by atoms with Gasteiger partial charge in [0.15, 0.2) is 11.5 Å². The number of nitrogens with one attached hydrogen (secondary N) is 1. The molecule has 0 aliphatic heterocycles. The normalized spacial score (nSPS) is 18.2. The summed E-state index contributed by atoms with van der Waals surface area (Å²) < 4.78 is 5.38. The number of aromatic hydroxyl groups is 1. The Labute approximate surface area is 127 Å². The van der Waals surface area contributed by atoms with Crippen LogP contribution in [0, 0.1) is 0 Å². The molecule has 3 N–H and O–H groups in total. The van der Waals surface area contributed by atoms with Crippen LogP contribution < -0.4 is 10.1 Å². The van der Waals surface area contributed by atoms with E-state index in [-0.39, 0.29) is 5.75 Å². The molecule has 2 rings (SSSR count). The van der Waals surface area contributed by atoms with E-state index in [1.54, 1.807) is 6.07 Å². The van der Waals surface area contributed by atoms with E-state index < -0.39 is 5.60 Å². The van der Waals surface area contributed by atoms with Gasteiger partial charge in [0, 0.05) is 18.7 Å². The molecule has 1 aliphatic carbocycles. The van der Waals surface area contributed by atoms with Gasteiger partial charge in [0.2, 0.25) is 0 Å². The van der Waals surface area contributed by atoms with E-state index in [1.807, 2.05) is 19.1 Å². The molecule has 0 amide bonds. The summed E-state index contributed by atoms with van der Waals surface area (Å²) >= 11 is 0. The van der Waals surface area contributed by atoms with Gasteiger partial charge in [-0.05, 0) is 25.8 Å². The van der Waals surface area contributed by atoms with Crippen LogP contribution in [0.15, 0.2) is 18.2 Å². The van der Waals surface area contributed by atoms with Crippen molar-refractivity contribution in [1.82, 2.24) is 5.32 Å². The van der Waals surface area contributed by atoms with Crippen LogP contribution in [-0.4, -0.2) is 29.0 Å². The van der Waals surface area contributed by atoms with Gasteiger partial charge in [-0.25, -0.2) is 0 Å². The van der Waals surface area contributed by atoms with Gasteiger partial charge >= 0.3 is 0 Å². The Morgan fingerprint density at radius 2 is 1.90 bits per heavy atom. The summed E-state index contributed by atoms with van der Waals surface area (Å²) in [5.41, 5.74) is 0.210. The summed E-state index contributed by atoms with van der Waals surface area (Å²) in [7, 11) is 0. The average Bonchev–Trinajstić information content (AvgIpc) is 2.68. The van der Waals surface area contributed by atoms with Crippen LogP contribution >= 0.6 is 0 Å². The summed E-state index contributed by atoms with van der Waals surface area (Å²) in [5.74, 6) is 0.713. The molecule has 0 saturated heterocycles. The van der Waals surface area contributed by atoms with E-state index in [0.29, 0.717) is 25.4 Å². The van der Waals surface area contributed by atoms with Crippen LogP contribution in [0.25, 0.3) is 0 Å². The highest BCUT2D eigenvalue weighted by Crippen LogP contribution is 2.30. The van der Waals surface area contributed by atoms with Gasteiger partial charge in [-0.15, -0.1) is 0 Å². The fourth-order valence-corrected chi connectivity index (χ4v) is 2.98. The van der Waals surface area contributed by atoms with Crippen LogP contribution in [0.1, 0.15) is 51.0 Å². The number of phenols is 1. The third-order valence-corrected chi connectivity index (χ3v) is 4.19. The number of para-hydroxylation sites is 1. The Balaban J connectivity index is 1.89. The Morgan fingerprint density at radius 3 is 2.57 bits per heavy atom. The minimum Gasteiger partial charge on any atom is -0.504 e. The molecular formula is C17H27NO3. The molecule has 1 fully saturated rings. The molecule has 0 spiro atoms. The summed E-state index contributed by atoms with van der Waals surface area (Å²) in [6.45, 7) is 3.54. The highest BCUT2D eigenvalue weighted by Gasteiger charge is 2.27. The zero-order valence-corrected chi connectivity index (χ0v) is 12.9. The van der Waals surface area contributed by atoms with Gasteiger partial charge in [0.25, 0.3) is 0 Å². The summed E-state index contributed by atoms with van der Waals surface area (Å²) in [6, 6.07) is 5.52. The second-order valence-corrected chi connectivity index (χ2v) is 5.94.